The van der Waals surface area contributed by atoms with E-state index < -0.39 is 11.7 Å². The number of hydrazine groups is 1. The van der Waals surface area contributed by atoms with Gasteiger partial charge < -0.3 is 9.47 Å². The van der Waals surface area contributed by atoms with Gasteiger partial charge in [-0.2, -0.15) is 13.2 Å². The summed E-state index contributed by atoms with van der Waals surface area (Å²) in [4.78, 5) is 2.42. The maximum Gasteiger partial charge on any atom is 0.416 e. The zero-order valence-corrected chi connectivity index (χ0v) is 18.4. The van der Waals surface area contributed by atoms with Crippen molar-refractivity contribution in [3.05, 3.63) is 59.2 Å². The molecule has 2 aliphatic rings. The highest BCUT2D eigenvalue weighted by molar-refractivity contribution is 5.42. The summed E-state index contributed by atoms with van der Waals surface area (Å²) in [5.74, 6) is 1.77. The molecule has 0 spiro atoms. The van der Waals surface area contributed by atoms with Crippen LogP contribution in [0.25, 0.3) is 0 Å². The molecule has 5 nitrogen and oxygen atoms in total. The standard InChI is InChI=1S/C24H30F3N3O2/c1-31-21-9-8-16(11-22(21)32-2)14-30-10-4-6-18(15-30)23-20(13-28-29-23)17-5-3-7-19(12-17)24(25,26)27/h3,5,7-9,11-12,18,20,23,28-29H,4,6,10,13-15H2,1-2H3. The Balaban J connectivity index is 1.46. The van der Waals surface area contributed by atoms with Gasteiger partial charge in [-0.1, -0.05) is 24.3 Å². The van der Waals surface area contributed by atoms with Gasteiger partial charge in [0.1, 0.15) is 0 Å². The minimum absolute atomic E-state index is 0.00308. The van der Waals surface area contributed by atoms with E-state index in [0.29, 0.717) is 24.0 Å². The molecule has 2 aromatic rings. The summed E-state index contributed by atoms with van der Waals surface area (Å²) in [6.45, 7) is 3.31. The number of ether oxygens (including phenoxy) is 2. The summed E-state index contributed by atoms with van der Waals surface area (Å²) in [6.07, 6.45) is -2.21. The maximum absolute atomic E-state index is 13.2. The number of halogens is 3. The first-order chi connectivity index (χ1) is 15.4. The quantitative estimate of drug-likeness (QED) is 0.693. The summed E-state index contributed by atoms with van der Waals surface area (Å²) in [7, 11) is 3.25. The van der Waals surface area contributed by atoms with Gasteiger partial charge in [-0.25, -0.2) is 0 Å². The molecule has 32 heavy (non-hydrogen) atoms. The molecule has 0 aliphatic carbocycles. The number of likely N-dealkylation sites (tertiary alicyclic amines) is 1. The van der Waals surface area contributed by atoms with E-state index in [0.717, 1.165) is 49.7 Å². The van der Waals surface area contributed by atoms with E-state index >= 15 is 0 Å². The summed E-state index contributed by atoms with van der Waals surface area (Å²) in [5.41, 5.74) is 7.84. The van der Waals surface area contributed by atoms with E-state index in [-0.39, 0.29) is 12.0 Å². The molecule has 2 fully saturated rings. The lowest BCUT2D eigenvalue weighted by Gasteiger charge is -2.37. The summed E-state index contributed by atoms with van der Waals surface area (Å²) in [6, 6.07) is 11.8. The van der Waals surface area contributed by atoms with E-state index in [4.69, 9.17) is 9.47 Å². The third-order valence-electron chi connectivity index (χ3n) is 6.57. The molecule has 0 aromatic heterocycles. The molecule has 0 radical (unpaired) electrons. The van der Waals surface area contributed by atoms with Crippen molar-refractivity contribution >= 4 is 0 Å². The first-order valence-electron chi connectivity index (χ1n) is 11.0. The Kier molecular flexibility index (Phi) is 6.93. The molecular formula is C24H30F3N3O2. The smallest absolute Gasteiger partial charge is 0.416 e. The Bertz CT molecular complexity index is 922. The van der Waals surface area contributed by atoms with Crippen LogP contribution in [0.3, 0.4) is 0 Å². The lowest BCUT2D eigenvalue weighted by atomic mass is 9.80. The van der Waals surface area contributed by atoms with Crippen LogP contribution in [0.4, 0.5) is 13.2 Å². The number of hydrogen-bond donors (Lipinski definition) is 2. The number of hydrogen-bond acceptors (Lipinski definition) is 5. The van der Waals surface area contributed by atoms with Crippen LogP contribution in [0.15, 0.2) is 42.5 Å². The largest absolute Gasteiger partial charge is 0.493 e. The summed E-state index contributed by atoms with van der Waals surface area (Å²) in [5, 5.41) is 0. The Hall–Kier alpha value is -2.29. The second kappa shape index (κ2) is 9.68. The second-order valence-electron chi connectivity index (χ2n) is 8.61. The van der Waals surface area contributed by atoms with Crippen molar-refractivity contribution in [3.8, 4) is 11.5 Å². The van der Waals surface area contributed by atoms with Gasteiger partial charge in [0.05, 0.1) is 19.8 Å². The van der Waals surface area contributed by atoms with Gasteiger partial charge >= 0.3 is 6.18 Å². The number of nitrogens with one attached hydrogen (secondary N) is 2. The fourth-order valence-electron chi connectivity index (χ4n) is 5.00. The molecule has 2 aliphatic heterocycles. The molecule has 0 saturated carbocycles. The molecule has 0 bridgehead atoms. The van der Waals surface area contributed by atoms with Crippen LogP contribution in [-0.2, 0) is 12.7 Å². The summed E-state index contributed by atoms with van der Waals surface area (Å²) >= 11 is 0. The van der Waals surface area contributed by atoms with Crippen LogP contribution >= 0.6 is 0 Å². The third kappa shape index (κ3) is 5.03. The Labute approximate surface area is 186 Å². The predicted octanol–water partition coefficient (Wildman–Crippen LogP) is 4.19. The topological polar surface area (TPSA) is 45.8 Å². The van der Waals surface area contributed by atoms with E-state index in [9.17, 15) is 13.2 Å². The molecular weight excluding hydrogens is 419 g/mol. The molecule has 2 aromatic carbocycles. The van der Waals surface area contributed by atoms with Crippen LogP contribution in [0.5, 0.6) is 11.5 Å². The monoisotopic (exact) mass is 449 g/mol. The highest BCUT2D eigenvalue weighted by atomic mass is 19.4. The number of methoxy groups -OCH3 is 2. The van der Waals surface area contributed by atoms with Crippen molar-refractivity contribution < 1.29 is 22.6 Å². The number of piperidine rings is 1. The van der Waals surface area contributed by atoms with Gasteiger partial charge in [0.2, 0.25) is 0 Å². The zero-order chi connectivity index (χ0) is 22.7. The van der Waals surface area contributed by atoms with Crippen molar-refractivity contribution in [3.63, 3.8) is 0 Å². The van der Waals surface area contributed by atoms with Gasteiger partial charge in [0, 0.05) is 31.6 Å². The first kappa shape index (κ1) is 22.9. The first-order valence-corrected chi connectivity index (χ1v) is 11.0. The van der Waals surface area contributed by atoms with Crippen molar-refractivity contribution in [2.45, 2.75) is 37.5 Å². The molecule has 174 valence electrons. The highest BCUT2D eigenvalue weighted by Crippen LogP contribution is 2.36. The molecule has 4 rings (SSSR count). The SMILES string of the molecule is COc1ccc(CN2CCCC(C3NNCC3c3cccc(C(F)(F)F)c3)C2)cc1OC. The number of alkyl halides is 3. The van der Waals surface area contributed by atoms with E-state index in [1.807, 2.05) is 24.3 Å². The number of benzene rings is 2. The number of nitrogens with zero attached hydrogens (tertiary/aromatic N) is 1. The van der Waals surface area contributed by atoms with Gasteiger partial charge in [0.15, 0.2) is 11.5 Å². The van der Waals surface area contributed by atoms with Crippen LogP contribution in [-0.4, -0.2) is 44.8 Å². The van der Waals surface area contributed by atoms with Crippen molar-refractivity contribution in [1.29, 1.82) is 0 Å². The maximum atomic E-state index is 13.2. The van der Waals surface area contributed by atoms with Crippen LogP contribution in [0.1, 0.15) is 35.4 Å². The molecule has 2 heterocycles. The lowest BCUT2D eigenvalue weighted by molar-refractivity contribution is -0.137. The minimum atomic E-state index is -4.33. The molecule has 2 saturated heterocycles. The zero-order valence-electron chi connectivity index (χ0n) is 18.4. The number of rotatable bonds is 6. The van der Waals surface area contributed by atoms with Gasteiger partial charge in [-0.3, -0.25) is 15.8 Å². The molecule has 3 unspecified atom stereocenters. The molecule has 2 N–H and O–H groups in total. The van der Waals surface area contributed by atoms with E-state index in [1.54, 1.807) is 14.2 Å². The average Bonchev–Trinajstić information content (AvgIpc) is 3.29. The third-order valence-corrected chi connectivity index (χ3v) is 6.57. The van der Waals surface area contributed by atoms with E-state index in [1.165, 1.54) is 12.1 Å². The van der Waals surface area contributed by atoms with Crippen LogP contribution < -0.4 is 20.3 Å². The van der Waals surface area contributed by atoms with E-state index in [2.05, 4.69) is 15.8 Å². The highest BCUT2D eigenvalue weighted by Gasteiger charge is 2.38. The average molecular weight is 450 g/mol. The van der Waals surface area contributed by atoms with Crippen molar-refractivity contribution in [2.75, 3.05) is 33.9 Å². The molecule has 0 amide bonds. The van der Waals surface area contributed by atoms with Gasteiger partial charge in [-0.05, 0) is 54.6 Å². The normalized spacial score (nSPS) is 24.5. The van der Waals surface area contributed by atoms with Gasteiger partial charge in [0.25, 0.3) is 0 Å². The fourth-order valence-corrected chi connectivity index (χ4v) is 5.00. The minimum Gasteiger partial charge on any atom is -0.493 e. The van der Waals surface area contributed by atoms with Crippen molar-refractivity contribution in [2.24, 2.45) is 5.92 Å². The molecule has 8 heteroatoms. The predicted molar refractivity (Wildman–Crippen MR) is 117 cm³/mol. The van der Waals surface area contributed by atoms with Crippen molar-refractivity contribution in [1.82, 2.24) is 15.8 Å². The summed E-state index contributed by atoms with van der Waals surface area (Å²) < 4.78 is 50.4. The Morgan fingerprint density at radius 2 is 1.88 bits per heavy atom. The van der Waals surface area contributed by atoms with Gasteiger partial charge in [-0.15, -0.1) is 0 Å². The van der Waals surface area contributed by atoms with Crippen LogP contribution in [0, 0.1) is 5.92 Å². The second-order valence-corrected chi connectivity index (χ2v) is 8.61. The lowest BCUT2D eigenvalue weighted by Crippen LogP contribution is -2.46. The fraction of sp³-hybridized carbons (Fsp3) is 0.500. The molecule has 3 atom stereocenters. The Morgan fingerprint density at radius 1 is 1.06 bits per heavy atom. The Morgan fingerprint density at radius 3 is 2.62 bits per heavy atom. The van der Waals surface area contributed by atoms with Crippen LogP contribution in [0.2, 0.25) is 0 Å².